The van der Waals surface area contributed by atoms with E-state index in [-0.39, 0.29) is 0 Å². The number of rotatable bonds is 6. The molecule has 0 N–H and O–H groups in total. The molecule has 1 aliphatic rings. The second-order valence-electron chi connectivity index (χ2n) is 4.63. The van der Waals surface area contributed by atoms with Crippen LogP contribution in [0, 0.1) is 0 Å². The van der Waals surface area contributed by atoms with E-state index in [1.165, 1.54) is 36.7 Å². The molecule has 2 rings (SSSR count). The molecule has 100 valence electrons. The molecule has 0 amide bonds. The van der Waals surface area contributed by atoms with E-state index < -0.39 is 0 Å². The number of hydrogen-bond acceptors (Lipinski definition) is 5. The molecule has 0 unspecified atom stereocenters. The zero-order valence-corrected chi connectivity index (χ0v) is 12.0. The number of unbranched alkanes of at least 4 members (excludes halogenated alkanes) is 2. The molecule has 1 aromatic heterocycles. The van der Waals surface area contributed by atoms with Gasteiger partial charge in [0.2, 0.25) is 0 Å². The largest absolute Gasteiger partial charge is 0.475 e. The third kappa shape index (κ3) is 3.22. The molecule has 5 heteroatoms. The second kappa shape index (κ2) is 6.73. The van der Waals surface area contributed by atoms with Crippen LogP contribution in [0.1, 0.15) is 44.7 Å². The van der Waals surface area contributed by atoms with Gasteiger partial charge in [-0.15, -0.1) is 4.37 Å². The van der Waals surface area contributed by atoms with E-state index in [4.69, 9.17) is 4.74 Å². The predicted octanol–water partition coefficient (Wildman–Crippen LogP) is 3.17. The lowest BCUT2D eigenvalue weighted by atomic mass is 10.1. The molecule has 0 bridgehead atoms. The highest BCUT2D eigenvalue weighted by Gasteiger charge is 2.19. The first-order chi connectivity index (χ1) is 8.83. The average Bonchev–Trinajstić information content (AvgIpc) is 2.83. The van der Waals surface area contributed by atoms with Gasteiger partial charge in [0.1, 0.15) is 0 Å². The number of hydrogen-bond donors (Lipinski definition) is 0. The van der Waals surface area contributed by atoms with Gasteiger partial charge in [-0.3, -0.25) is 0 Å². The maximum atomic E-state index is 5.75. The SMILES string of the molecule is CCCCCOc1nsnc1C1=CCCCN1C. The van der Waals surface area contributed by atoms with Gasteiger partial charge in [0.25, 0.3) is 5.88 Å². The molecular weight excluding hydrogens is 246 g/mol. The summed E-state index contributed by atoms with van der Waals surface area (Å²) in [5.74, 6) is 0.705. The zero-order chi connectivity index (χ0) is 12.8. The van der Waals surface area contributed by atoms with Gasteiger partial charge in [0.05, 0.1) is 24.0 Å². The number of ether oxygens (including phenoxy) is 1. The molecule has 0 fully saturated rings. The summed E-state index contributed by atoms with van der Waals surface area (Å²) in [7, 11) is 2.10. The molecular formula is C13H21N3OS. The van der Waals surface area contributed by atoms with Gasteiger partial charge in [0, 0.05) is 13.6 Å². The summed E-state index contributed by atoms with van der Waals surface area (Å²) in [6.07, 6.45) is 8.06. The normalized spacial score (nSPS) is 15.7. The van der Waals surface area contributed by atoms with Crippen LogP contribution in [-0.4, -0.2) is 33.8 Å². The van der Waals surface area contributed by atoms with Crippen molar-refractivity contribution in [3.8, 4) is 5.88 Å². The van der Waals surface area contributed by atoms with Gasteiger partial charge in [-0.1, -0.05) is 25.8 Å². The highest BCUT2D eigenvalue weighted by atomic mass is 32.1. The van der Waals surface area contributed by atoms with Crippen molar-refractivity contribution in [3.63, 3.8) is 0 Å². The fraction of sp³-hybridized carbons (Fsp3) is 0.692. The fourth-order valence-corrected chi connectivity index (χ4v) is 2.58. The van der Waals surface area contributed by atoms with Gasteiger partial charge in [-0.25, -0.2) is 0 Å². The van der Waals surface area contributed by atoms with Crippen LogP contribution in [0.5, 0.6) is 5.88 Å². The van der Waals surface area contributed by atoms with Crippen LogP contribution in [0.25, 0.3) is 5.70 Å². The molecule has 1 aliphatic heterocycles. The van der Waals surface area contributed by atoms with Crippen molar-refractivity contribution >= 4 is 17.4 Å². The van der Waals surface area contributed by atoms with Crippen LogP contribution >= 0.6 is 11.7 Å². The molecule has 2 heterocycles. The summed E-state index contributed by atoms with van der Waals surface area (Å²) in [4.78, 5) is 2.24. The highest BCUT2D eigenvalue weighted by Crippen LogP contribution is 2.29. The molecule has 0 radical (unpaired) electrons. The van der Waals surface area contributed by atoms with Gasteiger partial charge in [0.15, 0.2) is 5.69 Å². The van der Waals surface area contributed by atoms with Crippen molar-refractivity contribution in [2.75, 3.05) is 20.2 Å². The van der Waals surface area contributed by atoms with E-state index in [2.05, 4.69) is 33.7 Å². The van der Waals surface area contributed by atoms with Gasteiger partial charge in [-0.05, 0) is 19.3 Å². The first kappa shape index (κ1) is 13.3. The Labute approximate surface area is 113 Å². The lowest BCUT2D eigenvalue weighted by molar-refractivity contribution is 0.295. The Morgan fingerprint density at radius 2 is 2.28 bits per heavy atom. The van der Waals surface area contributed by atoms with E-state index in [0.29, 0.717) is 5.88 Å². The Morgan fingerprint density at radius 1 is 1.39 bits per heavy atom. The van der Waals surface area contributed by atoms with Crippen molar-refractivity contribution < 1.29 is 4.74 Å². The van der Waals surface area contributed by atoms with E-state index in [9.17, 15) is 0 Å². The summed E-state index contributed by atoms with van der Waals surface area (Å²) in [5.41, 5.74) is 2.08. The quantitative estimate of drug-likeness (QED) is 0.742. The van der Waals surface area contributed by atoms with E-state index in [0.717, 1.165) is 31.7 Å². The Morgan fingerprint density at radius 3 is 3.06 bits per heavy atom. The summed E-state index contributed by atoms with van der Waals surface area (Å²) in [6, 6.07) is 0. The number of allylic oxidation sites excluding steroid dienone is 1. The van der Waals surface area contributed by atoms with Crippen LogP contribution in [0.4, 0.5) is 0 Å². The van der Waals surface area contributed by atoms with Gasteiger partial charge >= 0.3 is 0 Å². The van der Waals surface area contributed by atoms with Crippen molar-refractivity contribution in [2.24, 2.45) is 0 Å². The Bertz CT molecular complexity index is 403. The lowest BCUT2D eigenvalue weighted by Crippen LogP contribution is -2.21. The number of nitrogens with zero attached hydrogens (tertiary/aromatic N) is 3. The van der Waals surface area contributed by atoms with Crippen molar-refractivity contribution in [1.29, 1.82) is 0 Å². The topological polar surface area (TPSA) is 38.3 Å². The Balaban J connectivity index is 2.00. The third-order valence-corrected chi connectivity index (χ3v) is 3.65. The third-order valence-electron chi connectivity index (χ3n) is 3.13. The van der Waals surface area contributed by atoms with Crippen LogP contribution in [0.3, 0.4) is 0 Å². The fourth-order valence-electron chi connectivity index (χ4n) is 2.07. The first-order valence-corrected chi connectivity index (χ1v) is 7.43. The highest BCUT2D eigenvalue weighted by molar-refractivity contribution is 6.99. The monoisotopic (exact) mass is 267 g/mol. The zero-order valence-electron chi connectivity index (χ0n) is 11.2. The molecule has 1 aromatic rings. The maximum absolute atomic E-state index is 5.75. The van der Waals surface area contributed by atoms with E-state index in [1.807, 2.05) is 0 Å². The van der Waals surface area contributed by atoms with E-state index >= 15 is 0 Å². The van der Waals surface area contributed by atoms with Gasteiger partial charge < -0.3 is 9.64 Å². The molecule has 0 saturated carbocycles. The van der Waals surface area contributed by atoms with Crippen LogP contribution in [0.15, 0.2) is 6.08 Å². The molecule has 0 spiro atoms. The summed E-state index contributed by atoms with van der Waals surface area (Å²) in [5, 5.41) is 0. The average molecular weight is 267 g/mol. The lowest BCUT2D eigenvalue weighted by Gasteiger charge is -2.25. The van der Waals surface area contributed by atoms with Crippen molar-refractivity contribution in [3.05, 3.63) is 11.8 Å². The molecule has 4 nitrogen and oxygen atoms in total. The maximum Gasteiger partial charge on any atom is 0.255 e. The molecule has 18 heavy (non-hydrogen) atoms. The first-order valence-electron chi connectivity index (χ1n) is 6.70. The summed E-state index contributed by atoms with van der Waals surface area (Å²) < 4.78 is 14.4. The number of aromatic nitrogens is 2. The Hall–Kier alpha value is -1.10. The van der Waals surface area contributed by atoms with Crippen molar-refractivity contribution in [1.82, 2.24) is 13.6 Å². The smallest absolute Gasteiger partial charge is 0.255 e. The van der Waals surface area contributed by atoms with Gasteiger partial charge in [-0.2, -0.15) is 4.37 Å². The van der Waals surface area contributed by atoms with Crippen molar-refractivity contribution in [2.45, 2.75) is 39.0 Å². The molecule has 0 atom stereocenters. The minimum Gasteiger partial charge on any atom is -0.475 e. The molecule has 0 aliphatic carbocycles. The predicted molar refractivity (Wildman–Crippen MR) is 74.8 cm³/mol. The minimum atomic E-state index is 0.705. The van der Waals surface area contributed by atoms with Crippen LogP contribution < -0.4 is 4.74 Å². The molecule has 0 saturated heterocycles. The Kier molecular flexibility index (Phi) is 4.99. The second-order valence-corrected chi connectivity index (χ2v) is 5.16. The van der Waals surface area contributed by atoms with Crippen LogP contribution in [0.2, 0.25) is 0 Å². The van der Waals surface area contributed by atoms with E-state index in [1.54, 1.807) is 0 Å². The minimum absolute atomic E-state index is 0.705. The summed E-state index contributed by atoms with van der Waals surface area (Å²) >= 11 is 1.23. The standard InChI is InChI=1S/C13H21N3OS/c1-3-4-7-10-17-13-12(14-18-15-13)11-8-5-6-9-16(11)2/h8H,3-7,9-10H2,1-2H3. The molecule has 0 aromatic carbocycles. The summed E-state index contributed by atoms with van der Waals surface area (Å²) in [6.45, 7) is 4.01. The van der Waals surface area contributed by atoms with Crippen LogP contribution in [-0.2, 0) is 0 Å².